The predicted molar refractivity (Wildman–Crippen MR) is 74.4 cm³/mol. The van der Waals surface area contributed by atoms with Crippen molar-refractivity contribution in [1.82, 2.24) is 9.97 Å². The van der Waals surface area contributed by atoms with Gasteiger partial charge in [0.2, 0.25) is 0 Å². The van der Waals surface area contributed by atoms with E-state index < -0.39 is 5.97 Å². The molecule has 0 spiro atoms. The van der Waals surface area contributed by atoms with Crippen molar-refractivity contribution < 1.29 is 14.3 Å². The summed E-state index contributed by atoms with van der Waals surface area (Å²) in [6.45, 7) is 0. The van der Waals surface area contributed by atoms with Crippen molar-refractivity contribution in [2.45, 2.75) is 0 Å². The number of anilines is 2. The maximum atomic E-state index is 11.4. The fraction of sp³-hybridized carbons (Fsp3) is 0.143. The fourth-order valence-electron chi connectivity index (χ4n) is 1.68. The van der Waals surface area contributed by atoms with Crippen LogP contribution in [-0.4, -0.2) is 30.2 Å². The van der Waals surface area contributed by atoms with E-state index in [4.69, 9.17) is 10.00 Å². The van der Waals surface area contributed by atoms with Crippen molar-refractivity contribution >= 4 is 17.5 Å². The van der Waals surface area contributed by atoms with E-state index in [1.807, 2.05) is 0 Å². The average molecular weight is 284 g/mol. The van der Waals surface area contributed by atoms with Gasteiger partial charge in [-0.2, -0.15) is 5.26 Å². The Kier molecular flexibility index (Phi) is 4.31. The van der Waals surface area contributed by atoms with Crippen LogP contribution in [0.5, 0.6) is 5.75 Å². The highest BCUT2D eigenvalue weighted by atomic mass is 16.5. The second-order valence-electron chi connectivity index (χ2n) is 3.90. The van der Waals surface area contributed by atoms with Crippen molar-refractivity contribution in [1.29, 1.82) is 5.26 Å². The molecule has 0 aliphatic heterocycles. The van der Waals surface area contributed by atoms with Crippen LogP contribution in [0.2, 0.25) is 0 Å². The summed E-state index contributed by atoms with van der Waals surface area (Å²) >= 11 is 0. The van der Waals surface area contributed by atoms with Gasteiger partial charge in [0.1, 0.15) is 23.3 Å². The highest BCUT2D eigenvalue weighted by Gasteiger charge is 2.12. The monoisotopic (exact) mass is 284 g/mol. The molecule has 0 saturated carbocycles. The third-order valence-electron chi connectivity index (χ3n) is 2.65. The van der Waals surface area contributed by atoms with Gasteiger partial charge in [-0.25, -0.2) is 9.78 Å². The van der Waals surface area contributed by atoms with Gasteiger partial charge in [-0.05, 0) is 12.1 Å². The summed E-state index contributed by atoms with van der Waals surface area (Å²) in [5, 5.41) is 12.1. The standard InChI is InChI=1S/C14H12N4O3/c1-20-11-5-3-4-9(6-15)13(11)18-12-8-16-7-10(17-12)14(19)21-2/h3-5,7-8H,1-2H3,(H,17,18). The topological polar surface area (TPSA) is 97.1 Å². The number of carbonyl (C=O) groups is 1. The number of hydrogen-bond donors (Lipinski definition) is 1. The van der Waals surface area contributed by atoms with E-state index in [-0.39, 0.29) is 5.69 Å². The molecule has 0 aliphatic carbocycles. The number of carbonyl (C=O) groups excluding carboxylic acids is 1. The molecule has 0 aliphatic rings. The molecule has 21 heavy (non-hydrogen) atoms. The lowest BCUT2D eigenvalue weighted by atomic mass is 10.2. The molecule has 0 radical (unpaired) electrons. The molecule has 0 atom stereocenters. The second-order valence-corrected chi connectivity index (χ2v) is 3.90. The van der Waals surface area contributed by atoms with Gasteiger partial charge in [0.15, 0.2) is 5.69 Å². The predicted octanol–water partition coefficient (Wildman–Crippen LogP) is 1.89. The van der Waals surface area contributed by atoms with Gasteiger partial charge in [-0.3, -0.25) is 4.98 Å². The number of nitrogens with zero attached hydrogens (tertiary/aromatic N) is 3. The molecular formula is C14H12N4O3. The van der Waals surface area contributed by atoms with E-state index in [0.29, 0.717) is 22.8 Å². The smallest absolute Gasteiger partial charge is 0.358 e. The zero-order valence-corrected chi connectivity index (χ0v) is 11.5. The van der Waals surface area contributed by atoms with E-state index >= 15 is 0 Å². The summed E-state index contributed by atoms with van der Waals surface area (Å²) in [5.41, 5.74) is 0.911. The maximum absolute atomic E-state index is 11.4. The van der Waals surface area contributed by atoms with Gasteiger partial charge in [0, 0.05) is 0 Å². The lowest BCUT2D eigenvalue weighted by molar-refractivity contribution is 0.0593. The van der Waals surface area contributed by atoms with E-state index in [1.54, 1.807) is 18.2 Å². The summed E-state index contributed by atoms with van der Waals surface area (Å²) in [6.07, 6.45) is 2.73. The molecule has 2 aromatic rings. The van der Waals surface area contributed by atoms with Crippen LogP contribution in [0.4, 0.5) is 11.5 Å². The van der Waals surface area contributed by atoms with Gasteiger partial charge in [0.05, 0.1) is 32.2 Å². The van der Waals surface area contributed by atoms with Gasteiger partial charge in [-0.15, -0.1) is 0 Å². The minimum absolute atomic E-state index is 0.0657. The first-order valence-corrected chi connectivity index (χ1v) is 5.94. The Morgan fingerprint density at radius 2 is 2.14 bits per heavy atom. The largest absolute Gasteiger partial charge is 0.495 e. The molecule has 106 valence electrons. The molecule has 0 saturated heterocycles. The zero-order valence-electron chi connectivity index (χ0n) is 11.5. The van der Waals surface area contributed by atoms with Crippen LogP contribution in [-0.2, 0) is 4.74 Å². The Labute approximate surface area is 121 Å². The summed E-state index contributed by atoms with van der Waals surface area (Å²) < 4.78 is 9.79. The van der Waals surface area contributed by atoms with Crippen LogP contribution in [0.25, 0.3) is 0 Å². The van der Waals surface area contributed by atoms with Crippen LogP contribution in [0.3, 0.4) is 0 Å². The molecule has 0 bridgehead atoms. The molecule has 1 heterocycles. The molecule has 0 unspecified atom stereocenters. The summed E-state index contributed by atoms with van der Waals surface area (Å²) in [7, 11) is 2.76. The Bertz CT molecular complexity index is 710. The van der Waals surface area contributed by atoms with Crippen LogP contribution in [0.1, 0.15) is 16.1 Å². The van der Waals surface area contributed by atoms with Crippen molar-refractivity contribution in [2.24, 2.45) is 0 Å². The van der Waals surface area contributed by atoms with Crippen molar-refractivity contribution in [3.8, 4) is 11.8 Å². The number of aromatic nitrogens is 2. The third-order valence-corrected chi connectivity index (χ3v) is 2.65. The molecule has 0 fully saturated rings. The minimum atomic E-state index is -0.591. The highest BCUT2D eigenvalue weighted by molar-refractivity contribution is 5.87. The van der Waals surface area contributed by atoms with Crippen molar-refractivity contribution in [3.05, 3.63) is 41.9 Å². The van der Waals surface area contributed by atoms with Gasteiger partial charge in [0.25, 0.3) is 0 Å². The number of rotatable bonds is 4. The van der Waals surface area contributed by atoms with Crippen molar-refractivity contribution in [3.63, 3.8) is 0 Å². The summed E-state index contributed by atoms with van der Waals surface area (Å²) in [4.78, 5) is 19.4. The highest BCUT2D eigenvalue weighted by Crippen LogP contribution is 2.30. The Morgan fingerprint density at radius 1 is 1.33 bits per heavy atom. The first kappa shape index (κ1) is 14.3. The van der Waals surface area contributed by atoms with Crippen LogP contribution in [0.15, 0.2) is 30.6 Å². The molecular weight excluding hydrogens is 272 g/mol. The van der Waals surface area contributed by atoms with E-state index in [9.17, 15) is 4.79 Å². The maximum Gasteiger partial charge on any atom is 0.358 e. The van der Waals surface area contributed by atoms with E-state index in [1.165, 1.54) is 26.6 Å². The molecule has 2 rings (SSSR count). The van der Waals surface area contributed by atoms with Crippen LogP contribution >= 0.6 is 0 Å². The van der Waals surface area contributed by atoms with E-state index in [0.717, 1.165) is 0 Å². The number of ether oxygens (including phenoxy) is 2. The summed E-state index contributed by atoms with van der Waals surface area (Å²) in [5.74, 6) is 0.199. The molecule has 1 N–H and O–H groups in total. The second kappa shape index (κ2) is 6.34. The first-order valence-electron chi connectivity index (χ1n) is 5.94. The molecule has 1 aromatic carbocycles. The molecule has 0 amide bonds. The SMILES string of the molecule is COC(=O)c1cncc(Nc2c(C#N)cccc2OC)n1. The minimum Gasteiger partial charge on any atom is -0.495 e. The normalized spacial score (nSPS) is 9.57. The number of nitrogens with one attached hydrogen (secondary N) is 1. The summed E-state index contributed by atoms with van der Waals surface area (Å²) in [6, 6.07) is 7.11. The number of benzene rings is 1. The van der Waals surface area contributed by atoms with Gasteiger partial charge >= 0.3 is 5.97 Å². The zero-order chi connectivity index (χ0) is 15.2. The number of hydrogen-bond acceptors (Lipinski definition) is 7. The number of nitriles is 1. The van der Waals surface area contributed by atoms with Gasteiger partial charge < -0.3 is 14.8 Å². The Hall–Kier alpha value is -3.14. The van der Waals surface area contributed by atoms with Crippen LogP contribution < -0.4 is 10.1 Å². The fourth-order valence-corrected chi connectivity index (χ4v) is 1.68. The van der Waals surface area contributed by atoms with Crippen LogP contribution in [0, 0.1) is 11.3 Å². The molecule has 7 heteroatoms. The number of para-hydroxylation sites is 1. The lowest BCUT2D eigenvalue weighted by Crippen LogP contribution is -2.07. The lowest BCUT2D eigenvalue weighted by Gasteiger charge is -2.12. The number of methoxy groups -OCH3 is 2. The molecule has 1 aromatic heterocycles. The Balaban J connectivity index is 2.39. The number of esters is 1. The third kappa shape index (κ3) is 3.06. The molecule has 7 nitrogen and oxygen atoms in total. The van der Waals surface area contributed by atoms with Crippen molar-refractivity contribution in [2.75, 3.05) is 19.5 Å². The Morgan fingerprint density at radius 3 is 2.81 bits per heavy atom. The van der Waals surface area contributed by atoms with Gasteiger partial charge in [-0.1, -0.05) is 6.07 Å². The quantitative estimate of drug-likeness (QED) is 0.856. The average Bonchev–Trinajstić information content (AvgIpc) is 2.54. The first-order chi connectivity index (χ1) is 10.2. The van der Waals surface area contributed by atoms with E-state index in [2.05, 4.69) is 26.1 Å².